The average Bonchev–Trinajstić information content (AvgIpc) is 3.35. The quantitative estimate of drug-likeness (QED) is 0.140. The summed E-state index contributed by atoms with van der Waals surface area (Å²) in [6.07, 6.45) is 0. The van der Waals surface area contributed by atoms with E-state index in [0.717, 1.165) is 28.4 Å². The lowest BCUT2D eigenvalue weighted by molar-refractivity contribution is 0.589. The molecule has 0 aliphatic rings. The van der Waals surface area contributed by atoms with Crippen LogP contribution >= 0.6 is 0 Å². The minimum atomic E-state index is -0.0651. The van der Waals surface area contributed by atoms with Crippen molar-refractivity contribution in [3.05, 3.63) is 229 Å². The first-order valence-electron chi connectivity index (χ1n) is 24.6. The summed E-state index contributed by atoms with van der Waals surface area (Å²) in [5, 5.41) is 7.30. The van der Waals surface area contributed by atoms with Crippen LogP contribution in [-0.4, -0.2) is 0 Å². The Morgan fingerprint density at radius 2 is 0.623 bits per heavy atom. The van der Waals surface area contributed by atoms with Crippen LogP contribution < -0.4 is 9.80 Å². The van der Waals surface area contributed by atoms with Crippen LogP contribution in [-0.2, 0) is 16.2 Å². The Balaban J connectivity index is 1.26. The van der Waals surface area contributed by atoms with Crippen LogP contribution in [0.3, 0.4) is 0 Å². The summed E-state index contributed by atoms with van der Waals surface area (Å²) in [6, 6.07) is 77.0. The zero-order valence-electron chi connectivity index (χ0n) is 42.0. The predicted octanol–water partition coefficient (Wildman–Crippen LogP) is 19.6. The third-order valence-electron chi connectivity index (χ3n) is 14.0. The Labute approximate surface area is 410 Å². The number of hydrogen-bond donors (Lipinski definition) is 0. The van der Waals surface area contributed by atoms with Gasteiger partial charge in [0.15, 0.2) is 0 Å². The van der Waals surface area contributed by atoms with Crippen molar-refractivity contribution in [1.29, 1.82) is 0 Å². The van der Waals surface area contributed by atoms with Crippen LogP contribution in [0, 0.1) is 6.92 Å². The minimum absolute atomic E-state index is 0.0227. The van der Waals surface area contributed by atoms with Crippen molar-refractivity contribution >= 4 is 66.4 Å². The molecule has 0 heterocycles. The molecular weight excluding hydrogens is 833 g/mol. The molecule has 0 bridgehead atoms. The fourth-order valence-corrected chi connectivity index (χ4v) is 9.98. The van der Waals surface area contributed by atoms with Crippen molar-refractivity contribution < 1.29 is 0 Å². The average molecular weight is 897 g/mol. The van der Waals surface area contributed by atoms with Gasteiger partial charge in [0.1, 0.15) is 0 Å². The lowest BCUT2D eigenvalue weighted by Crippen LogP contribution is -2.15. The van der Waals surface area contributed by atoms with E-state index >= 15 is 0 Å². The van der Waals surface area contributed by atoms with E-state index in [-0.39, 0.29) is 16.2 Å². The topological polar surface area (TPSA) is 6.48 Å². The molecule has 0 spiro atoms. The van der Waals surface area contributed by atoms with Crippen molar-refractivity contribution in [1.82, 2.24) is 0 Å². The van der Waals surface area contributed by atoms with Gasteiger partial charge in [-0.25, -0.2) is 0 Å². The predicted molar refractivity (Wildman–Crippen MR) is 300 cm³/mol. The first-order chi connectivity index (χ1) is 33.0. The van der Waals surface area contributed by atoms with Crippen LogP contribution in [0.5, 0.6) is 0 Å². The fourth-order valence-electron chi connectivity index (χ4n) is 9.98. The van der Waals surface area contributed by atoms with Gasteiger partial charge in [-0.2, -0.15) is 0 Å². The SMILES string of the molecule is Cc1cc(C(C)(C)C)ccc1N(c1ccc(-c2ccccc2)cc1)c1cc2c3cc(C(C)(C)C)ccc3c(N(c3ccc(-c4ccccc4)cc3)c3ccc(C(C)(C)C)cc3)cc2c2ccccc12. The molecule has 0 aliphatic carbocycles. The summed E-state index contributed by atoms with van der Waals surface area (Å²) in [4.78, 5) is 4.98. The number of anilines is 6. The third-order valence-corrected chi connectivity index (χ3v) is 14.0. The minimum Gasteiger partial charge on any atom is -0.310 e. The van der Waals surface area contributed by atoms with Crippen LogP contribution in [0.25, 0.3) is 54.6 Å². The number of hydrogen-bond acceptors (Lipinski definition) is 2. The second-order valence-electron chi connectivity index (χ2n) is 22.0. The smallest absolute Gasteiger partial charge is 0.0546 e. The van der Waals surface area contributed by atoms with E-state index in [1.165, 1.54) is 82.5 Å². The van der Waals surface area contributed by atoms with Crippen molar-refractivity contribution in [2.75, 3.05) is 9.80 Å². The van der Waals surface area contributed by atoms with E-state index in [9.17, 15) is 0 Å². The molecule has 10 aromatic carbocycles. The summed E-state index contributed by atoms with van der Waals surface area (Å²) >= 11 is 0. The summed E-state index contributed by atoms with van der Waals surface area (Å²) in [6.45, 7) is 23.0. The maximum atomic E-state index is 2.50. The van der Waals surface area contributed by atoms with Gasteiger partial charge in [-0.3, -0.25) is 0 Å². The number of fused-ring (bicyclic) bond motifs is 5. The van der Waals surface area contributed by atoms with Gasteiger partial charge in [0, 0.05) is 33.5 Å². The van der Waals surface area contributed by atoms with E-state index in [2.05, 4.69) is 285 Å². The second-order valence-corrected chi connectivity index (χ2v) is 22.0. The van der Waals surface area contributed by atoms with Crippen LogP contribution in [0.2, 0.25) is 0 Å². The fraction of sp³-hybridized carbons (Fsp3) is 0.194. The van der Waals surface area contributed by atoms with Crippen molar-refractivity contribution in [2.24, 2.45) is 0 Å². The van der Waals surface area contributed by atoms with Gasteiger partial charge in [0.05, 0.1) is 11.4 Å². The molecule has 0 saturated heterocycles. The summed E-state index contributed by atoms with van der Waals surface area (Å²) in [5.74, 6) is 0. The lowest BCUT2D eigenvalue weighted by Gasteiger charge is -2.32. The number of benzene rings is 10. The molecule has 0 aromatic heterocycles. The number of nitrogens with zero attached hydrogens (tertiary/aromatic N) is 2. The Morgan fingerprint density at radius 3 is 1.13 bits per heavy atom. The first-order valence-corrected chi connectivity index (χ1v) is 24.6. The van der Waals surface area contributed by atoms with Gasteiger partial charge in [0.25, 0.3) is 0 Å². The molecule has 0 amide bonds. The number of aryl methyl sites for hydroxylation is 1. The summed E-state index contributed by atoms with van der Waals surface area (Å²) < 4.78 is 0. The highest BCUT2D eigenvalue weighted by molar-refractivity contribution is 6.24. The van der Waals surface area contributed by atoms with E-state index in [1.54, 1.807) is 0 Å². The van der Waals surface area contributed by atoms with Gasteiger partial charge in [-0.1, -0.05) is 208 Å². The normalized spacial score (nSPS) is 12.2. The Kier molecular flexibility index (Phi) is 11.6. The lowest BCUT2D eigenvalue weighted by atomic mass is 9.84. The Morgan fingerprint density at radius 1 is 0.261 bits per heavy atom. The van der Waals surface area contributed by atoms with Crippen molar-refractivity contribution in [3.63, 3.8) is 0 Å². The van der Waals surface area contributed by atoms with E-state index in [1.807, 2.05) is 0 Å². The van der Waals surface area contributed by atoms with Gasteiger partial charge in [-0.05, 0) is 150 Å². The standard InChI is InChI=1S/C67H64N2/c1-45-41-51(66(5,6)7)32-40-62(45)69(55-35-27-49(28-36-55)47-21-15-12-16-22-47)64-44-61-59-42-52(67(8,9)10)31-39-58(59)63(43-60(61)56-23-17-18-24-57(56)64)68(54-37-29-50(30-38-54)65(2,3)4)53-33-25-48(26-34-53)46-19-13-11-14-20-46/h11-44H,1-10H3. The van der Waals surface area contributed by atoms with Gasteiger partial charge < -0.3 is 9.80 Å². The van der Waals surface area contributed by atoms with E-state index in [4.69, 9.17) is 0 Å². The molecule has 0 aliphatic heterocycles. The zero-order valence-corrected chi connectivity index (χ0v) is 42.0. The molecular formula is C67H64N2. The first kappa shape index (κ1) is 45.4. The molecule has 0 unspecified atom stereocenters. The molecule has 342 valence electrons. The molecule has 69 heavy (non-hydrogen) atoms. The highest BCUT2D eigenvalue weighted by atomic mass is 15.2. The van der Waals surface area contributed by atoms with Crippen LogP contribution in [0.1, 0.15) is 84.6 Å². The van der Waals surface area contributed by atoms with Gasteiger partial charge in [-0.15, -0.1) is 0 Å². The Bertz CT molecular complexity index is 3450. The second kappa shape index (κ2) is 17.6. The summed E-state index contributed by atoms with van der Waals surface area (Å²) in [7, 11) is 0. The monoisotopic (exact) mass is 897 g/mol. The van der Waals surface area contributed by atoms with Crippen molar-refractivity contribution in [3.8, 4) is 22.3 Å². The molecule has 0 saturated carbocycles. The van der Waals surface area contributed by atoms with Crippen molar-refractivity contribution in [2.45, 2.75) is 85.5 Å². The molecule has 2 nitrogen and oxygen atoms in total. The largest absolute Gasteiger partial charge is 0.310 e. The maximum absolute atomic E-state index is 2.50. The van der Waals surface area contributed by atoms with Gasteiger partial charge in [0.2, 0.25) is 0 Å². The Hall–Kier alpha value is -7.42. The van der Waals surface area contributed by atoms with E-state index < -0.39 is 0 Å². The van der Waals surface area contributed by atoms with Gasteiger partial charge >= 0.3 is 0 Å². The molecule has 10 aromatic rings. The highest BCUT2D eigenvalue weighted by Gasteiger charge is 2.26. The van der Waals surface area contributed by atoms with Crippen LogP contribution in [0.4, 0.5) is 34.1 Å². The number of rotatable bonds is 8. The zero-order chi connectivity index (χ0) is 48.2. The summed E-state index contributed by atoms with van der Waals surface area (Å²) in [5.41, 5.74) is 16.8. The molecule has 0 N–H and O–H groups in total. The molecule has 0 fully saturated rings. The highest BCUT2D eigenvalue weighted by Crippen LogP contribution is 2.49. The van der Waals surface area contributed by atoms with Crippen LogP contribution in [0.15, 0.2) is 206 Å². The molecule has 0 atom stereocenters. The maximum Gasteiger partial charge on any atom is 0.0546 e. The molecule has 2 heteroatoms. The van der Waals surface area contributed by atoms with E-state index in [0.29, 0.717) is 0 Å². The molecule has 0 radical (unpaired) electrons. The molecule has 10 rings (SSSR count). The third kappa shape index (κ3) is 8.81.